The maximum Gasteiger partial charge on any atom is 0.244 e. The summed E-state index contributed by atoms with van der Waals surface area (Å²) >= 11 is 0. The predicted octanol–water partition coefficient (Wildman–Crippen LogP) is 0.00324. The van der Waals surface area contributed by atoms with Crippen LogP contribution in [0.4, 0.5) is 0 Å². The first-order valence-electron chi connectivity index (χ1n) is 8.17. The smallest absolute Gasteiger partial charge is 0.244 e. The largest absolute Gasteiger partial charge is 0.390 e. The van der Waals surface area contributed by atoms with Crippen LogP contribution in [-0.2, 0) is 16.1 Å². The Balaban J connectivity index is 1.56. The Morgan fingerprint density at radius 1 is 1.35 bits per heavy atom. The Morgan fingerprint density at radius 3 is 2.61 bits per heavy atom. The molecule has 1 spiro atoms. The molecule has 0 aliphatic carbocycles. The summed E-state index contributed by atoms with van der Waals surface area (Å²) < 4.78 is 7.53. The van der Waals surface area contributed by atoms with Crippen LogP contribution in [0.15, 0.2) is 6.07 Å². The lowest BCUT2D eigenvalue weighted by Crippen LogP contribution is -2.55. The highest BCUT2D eigenvalue weighted by Gasteiger charge is 2.43. The fraction of sp³-hybridized carbons (Fsp3) is 0.750. The maximum absolute atomic E-state index is 12.5. The van der Waals surface area contributed by atoms with Crippen LogP contribution >= 0.6 is 0 Å². The summed E-state index contributed by atoms with van der Waals surface area (Å²) in [5, 5.41) is 23.8. The molecule has 0 radical (unpaired) electrons. The monoisotopic (exact) mass is 323 g/mol. The van der Waals surface area contributed by atoms with Crippen LogP contribution < -0.4 is 0 Å². The lowest BCUT2D eigenvalue weighted by Gasteiger charge is -2.46. The Kier molecular flexibility index (Phi) is 4.44. The molecule has 1 amide bonds. The van der Waals surface area contributed by atoms with Gasteiger partial charge in [0.2, 0.25) is 5.91 Å². The summed E-state index contributed by atoms with van der Waals surface area (Å²) in [7, 11) is 0. The zero-order chi connectivity index (χ0) is 16.6. The molecule has 2 aliphatic heterocycles. The average Bonchev–Trinajstić information content (AvgIpc) is 2.82. The fourth-order valence-electron chi connectivity index (χ4n) is 3.52. The summed E-state index contributed by atoms with van der Waals surface area (Å²) in [4.78, 5) is 14.3. The lowest BCUT2D eigenvalue weighted by molar-refractivity contribution is -0.189. The molecular weight excluding hydrogens is 298 g/mol. The molecule has 3 heterocycles. The van der Waals surface area contributed by atoms with Gasteiger partial charge in [0.1, 0.15) is 12.6 Å². The minimum absolute atomic E-state index is 0.0578. The van der Waals surface area contributed by atoms with Crippen molar-refractivity contribution >= 4 is 5.91 Å². The highest BCUT2D eigenvalue weighted by atomic mass is 16.5. The van der Waals surface area contributed by atoms with Gasteiger partial charge in [-0.15, -0.1) is 0 Å². The molecule has 0 unspecified atom stereocenters. The van der Waals surface area contributed by atoms with Crippen LogP contribution in [0.2, 0.25) is 0 Å². The van der Waals surface area contributed by atoms with Crippen LogP contribution in [0.25, 0.3) is 0 Å². The van der Waals surface area contributed by atoms with E-state index in [1.165, 1.54) is 0 Å². The van der Waals surface area contributed by atoms with Crippen molar-refractivity contribution in [3.63, 3.8) is 0 Å². The number of carbonyl (C=O) groups excluding carboxylic acids is 1. The van der Waals surface area contributed by atoms with Gasteiger partial charge in [0, 0.05) is 25.2 Å². The standard InChI is InChI=1S/C16H25N3O4/c1-11-7-12(2)19(17-11)9-15(22)18-5-3-16(4-6-18)8-13(20)14(21)10-23-16/h7,13-14,20-21H,3-6,8-10H2,1-2H3/t13-,14+/m1/s1. The normalized spacial score (nSPS) is 27.4. The Bertz CT molecular complexity index is 578. The van der Waals surface area contributed by atoms with Crippen molar-refractivity contribution in [2.24, 2.45) is 0 Å². The summed E-state index contributed by atoms with van der Waals surface area (Å²) in [6.45, 7) is 5.51. The quantitative estimate of drug-likeness (QED) is 0.800. The Labute approximate surface area is 135 Å². The molecule has 2 aliphatic rings. The third kappa shape index (κ3) is 3.41. The number of nitrogens with zero attached hydrogens (tertiary/aromatic N) is 3. The minimum Gasteiger partial charge on any atom is -0.390 e. The maximum atomic E-state index is 12.5. The van der Waals surface area contributed by atoms with E-state index >= 15 is 0 Å². The van der Waals surface area contributed by atoms with Gasteiger partial charge in [0.25, 0.3) is 0 Å². The third-order valence-electron chi connectivity index (χ3n) is 5.00. The molecule has 2 fully saturated rings. The van der Waals surface area contributed by atoms with Gasteiger partial charge in [-0.25, -0.2) is 0 Å². The molecule has 2 saturated heterocycles. The summed E-state index contributed by atoms with van der Waals surface area (Å²) in [6.07, 6.45) is 0.291. The number of aryl methyl sites for hydroxylation is 2. The summed E-state index contributed by atoms with van der Waals surface area (Å²) in [5.41, 5.74) is 1.50. The van der Waals surface area contributed by atoms with Gasteiger partial charge in [-0.2, -0.15) is 5.10 Å². The second-order valence-corrected chi connectivity index (χ2v) is 6.80. The van der Waals surface area contributed by atoms with E-state index in [0.29, 0.717) is 32.4 Å². The molecule has 1 aromatic heterocycles. The number of rotatable bonds is 2. The van der Waals surface area contributed by atoms with Gasteiger partial charge >= 0.3 is 0 Å². The molecular formula is C16H25N3O4. The van der Waals surface area contributed by atoms with E-state index in [-0.39, 0.29) is 19.1 Å². The van der Waals surface area contributed by atoms with Crippen LogP contribution in [0, 0.1) is 13.8 Å². The Hall–Kier alpha value is -1.44. The number of piperidine rings is 1. The first-order chi connectivity index (χ1) is 10.9. The fourth-order valence-corrected chi connectivity index (χ4v) is 3.52. The zero-order valence-electron chi connectivity index (χ0n) is 13.7. The number of aliphatic hydroxyl groups is 2. The second kappa shape index (κ2) is 6.22. The van der Waals surface area contributed by atoms with E-state index in [0.717, 1.165) is 11.4 Å². The number of ether oxygens (including phenoxy) is 1. The van der Waals surface area contributed by atoms with Crippen LogP contribution in [-0.4, -0.2) is 68.3 Å². The second-order valence-electron chi connectivity index (χ2n) is 6.80. The van der Waals surface area contributed by atoms with Gasteiger partial charge < -0.3 is 19.8 Å². The molecule has 7 nitrogen and oxygen atoms in total. The van der Waals surface area contributed by atoms with Crippen molar-refractivity contribution in [2.75, 3.05) is 19.7 Å². The molecule has 2 atom stereocenters. The van der Waals surface area contributed by atoms with Gasteiger partial charge in [-0.3, -0.25) is 9.48 Å². The Morgan fingerprint density at radius 2 is 2.04 bits per heavy atom. The predicted molar refractivity (Wildman–Crippen MR) is 82.8 cm³/mol. The van der Waals surface area contributed by atoms with Crippen LogP contribution in [0.1, 0.15) is 30.7 Å². The van der Waals surface area contributed by atoms with E-state index < -0.39 is 17.8 Å². The average molecular weight is 323 g/mol. The van der Waals surface area contributed by atoms with Crippen LogP contribution in [0.5, 0.6) is 0 Å². The van der Waals surface area contributed by atoms with Gasteiger partial charge in [0.15, 0.2) is 0 Å². The van der Waals surface area contributed by atoms with Gasteiger partial charge in [-0.1, -0.05) is 0 Å². The number of aliphatic hydroxyl groups excluding tert-OH is 2. The van der Waals surface area contributed by atoms with Crippen LogP contribution in [0.3, 0.4) is 0 Å². The van der Waals surface area contributed by atoms with Crippen molar-refractivity contribution in [1.29, 1.82) is 0 Å². The summed E-state index contributed by atoms with van der Waals surface area (Å²) in [5.74, 6) is 0.0578. The molecule has 128 valence electrons. The number of likely N-dealkylation sites (tertiary alicyclic amines) is 1. The molecule has 2 N–H and O–H groups in total. The van der Waals surface area contributed by atoms with Crippen molar-refractivity contribution in [1.82, 2.24) is 14.7 Å². The zero-order valence-corrected chi connectivity index (χ0v) is 13.7. The number of hydrogen-bond donors (Lipinski definition) is 2. The number of amides is 1. The molecule has 23 heavy (non-hydrogen) atoms. The highest BCUT2D eigenvalue weighted by Crippen LogP contribution is 2.35. The van der Waals surface area contributed by atoms with Crippen molar-refractivity contribution in [2.45, 2.75) is 57.5 Å². The van der Waals surface area contributed by atoms with Crippen molar-refractivity contribution in [3.8, 4) is 0 Å². The SMILES string of the molecule is Cc1cc(C)n(CC(=O)N2CCC3(CC2)C[C@@H](O)[C@@H](O)CO3)n1. The third-order valence-corrected chi connectivity index (χ3v) is 5.00. The van der Waals surface area contributed by atoms with Crippen molar-refractivity contribution < 1.29 is 19.7 Å². The first-order valence-corrected chi connectivity index (χ1v) is 8.17. The molecule has 1 aromatic rings. The topological polar surface area (TPSA) is 87.8 Å². The first kappa shape index (κ1) is 16.4. The molecule has 0 aromatic carbocycles. The molecule has 0 saturated carbocycles. The molecule has 0 bridgehead atoms. The van der Waals surface area contributed by atoms with E-state index in [1.54, 1.807) is 4.68 Å². The van der Waals surface area contributed by atoms with Crippen molar-refractivity contribution in [3.05, 3.63) is 17.5 Å². The van der Waals surface area contributed by atoms with Gasteiger partial charge in [-0.05, 0) is 32.8 Å². The van der Waals surface area contributed by atoms with Gasteiger partial charge in [0.05, 0.1) is 24.0 Å². The highest BCUT2D eigenvalue weighted by molar-refractivity contribution is 5.76. The van der Waals surface area contributed by atoms with E-state index in [9.17, 15) is 15.0 Å². The lowest BCUT2D eigenvalue weighted by atomic mass is 9.82. The molecule has 3 rings (SSSR count). The van der Waals surface area contributed by atoms with E-state index in [2.05, 4.69) is 5.10 Å². The number of hydrogen-bond acceptors (Lipinski definition) is 5. The molecule has 7 heteroatoms. The minimum atomic E-state index is -0.800. The number of carbonyl (C=O) groups is 1. The van der Waals surface area contributed by atoms with E-state index in [4.69, 9.17) is 4.74 Å². The summed E-state index contributed by atoms with van der Waals surface area (Å²) in [6, 6.07) is 1.96. The number of aromatic nitrogens is 2. The van der Waals surface area contributed by atoms with E-state index in [1.807, 2.05) is 24.8 Å².